The molecule has 1 aliphatic heterocycles. The molecule has 18 heavy (non-hydrogen) atoms. The molecule has 0 aromatic heterocycles. The third kappa shape index (κ3) is 3.69. The van der Waals surface area contributed by atoms with Crippen LogP contribution in [0.2, 0.25) is 0 Å². The van der Waals surface area contributed by atoms with Crippen molar-refractivity contribution in [3.63, 3.8) is 0 Å². The lowest BCUT2D eigenvalue weighted by molar-refractivity contribution is -0.148. The highest BCUT2D eigenvalue weighted by Gasteiger charge is 2.36. The van der Waals surface area contributed by atoms with Crippen LogP contribution in [0.5, 0.6) is 0 Å². The molecule has 0 aromatic rings. The first kappa shape index (κ1) is 14.4. The Balaban J connectivity index is 2.74. The lowest BCUT2D eigenvalue weighted by atomic mass is 9.98. The molecule has 1 rings (SSSR count). The number of hydrogen-bond donors (Lipinski definition) is 2. The zero-order valence-electron chi connectivity index (χ0n) is 10.3. The minimum Gasteiger partial charge on any atom is -0.480 e. The second-order valence-corrected chi connectivity index (χ2v) is 4.27. The van der Waals surface area contributed by atoms with Crippen molar-refractivity contribution >= 4 is 17.8 Å². The minimum atomic E-state index is -1.17. The summed E-state index contributed by atoms with van der Waals surface area (Å²) in [7, 11) is 0. The zero-order valence-corrected chi connectivity index (χ0v) is 10.3. The lowest BCUT2D eigenvalue weighted by Crippen LogP contribution is -2.45. The quantitative estimate of drug-likeness (QED) is 0.648. The zero-order chi connectivity index (χ0) is 13.7. The van der Waals surface area contributed by atoms with E-state index in [1.54, 1.807) is 0 Å². The van der Waals surface area contributed by atoms with Crippen LogP contribution in [0.25, 0.3) is 0 Å². The summed E-state index contributed by atoms with van der Waals surface area (Å²) in [4.78, 5) is 34.7. The van der Waals surface area contributed by atoms with Crippen molar-refractivity contribution in [2.75, 3.05) is 19.7 Å². The van der Waals surface area contributed by atoms with Gasteiger partial charge in [-0.3, -0.25) is 14.4 Å². The van der Waals surface area contributed by atoms with Crippen molar-refractivity contribution < 1.29 is 24.2 Å². The summed E-state index contributed by atoms with van der Waals surface area (Å²) in [6.07, 6.45) is 1.02. The van der Waals surface area contributed by atoms with Crippen LogP contribution < -0.4 is 5.73 Å². The number of nitrogens with zero attached hydrogens (tertiary/aromatic N) is 1. The summed E-state index contributed by atoms with van der Waals surface area (Å²) in [5, 5.41) is 8.73. The van der Waals surface area contributed by atoms with E-state index in [1.807, 2.05) is 6.92 Å². The SMILES string of the molecule is CCC1OCCC1C(=O)N(CC(N)=O)CC(=O)O. The maximum atomic E-state index is 12.2. The summed E-state index contributed by atoms with van der Waals surface area (Å²) in [6.45, 7) is 1.48. The first-order valence-corrected chi connectivity index (χ1v) is 5.86. The molecule has 1 fully saturated rings. The largest absolute Gasteiger partial charge is 0.480 e. The molecule has 1 heterocycles. The molecule has 1 aliphatic rings. The van der Waals surface area contributed by atoms with Gasteiger partial charge in [0.05, 0.1) is 18.6 Å². The van der Waals surface area contributed by atoms with E-state index in [2.05, 4.69) is 0 Å². The van der Waals surface area contributed by atoms with Crippen LogP contribution >= 0.6 is 0 Å². The third-order valence-corrected chi connectivity index (χ3v) is 2.91. The number of nitrogens with two attached hydrogens (primary N) is 1. The van der Waals surface area contributed by atoms with E-state index in [4.69, 9.17) is 15.6 Å². The molecule has 2 atom stereocenters. The standard InChI is InChI=1S/C11H18N2O5/c1-2-8-7(3-4-18-8)11(17)13(5-9(12)14)6-10(15)16/h7-8H,2-6H2,1H3,(H2,12,14)(H,15,16). The Labute approximate surface area is 105 Å². The molecule has 3 N–H and O–H groups in total. The molecule has 102 valence electrons. The van der Waals surface area contributed by atoms with Gasteiger partial charge in [0, 0.05) is 6.61 Å². The van der Waals surface area contributed by atoms with Crippen LogP contribution in [0, 0.1) is 5.92 Å². The smallest absolute Gasteiger partial charge is 0.323 e. The fraction of sp³-hybridized carbons (Fsp3) is 0.727. The van der Waals surface area contributed by atoms with Gasteiger partial charge in [0.1, 0.15) is 6.54 Å². The Morgan fingerprint density at radius 1 is 1.39 bits per heavy atom. The van der Waals surface area contributed by atoms with Gasteiger partial charge in [0.15, 0.2) is 0 Å². The number of aliphatic carboxylic acids is 1. The van der Waals surface area contributed by atoms with E-state index in [0.717, 1.165) is 4.90 Å². The van der Waals surface area contributed by atoms with Crippen molar-refractivity contribution in [3.05, 3.63) is 0 Å². The molecule has 2 unspecified atom stereocenters. The second-order valence-electron chi connectivity index (χ2n) is 4.27. The minimum absolute atomic E-state index is 0.207. The topological polar surface area (TPSA) is 110 Å². The predicted molar refractivity (Wildman–Crippen MR) is 61.5 cm³/mol. The predicted octanol–water partition coefficient (Wildman–Crippen LogP) is -0.800. The number of carbonyl (C=O) groups is 3. The molecule has 0 radical (unpaired) electrons. The highest BCUT2D eigenvalue weighted by Crippen LogP contribution is 2.25. The van der Waals surface area contributed by atoms with Crippen LogP contribution in [0.4, 0.5) is 0 Å². The Morgan fingerprint density at radius 2 is 2.06 bits per heavy atom. The summed E-state index contributed by atoms with van der Waals surface area (Å²) >= 11 is 0. The molecule has 1 saturated heterocycles. The number of amides is 2. The Morgan fingerprint density at radius 3 is 2.56 bits per heavy atom. The van der Waals surface area contributed by atoms with Gasteiger partial charge in [0.2, 0.25) is 11.8 Å². The normalized spacial score (nSPS) is 22.7. The van der Waals surface area contributed by atoms with Gasteiger partial charge in [0.25, 0.3) is 0 Å². The van der Waals surface area contributed by atoms with Crippen LogP contribution in [-0.2, 0) is 19.1 Å². The molecule has 7 heteroatoms. The molecule has 7 nitrogen and oxygen atoms in total. The van der Waals surface area contributed by atoms with E-state index in [1.165, 1.54) is 0 Å². The fourth-order valence-corrected chi connectivity index (χ4v) is 2.13. The maximum Gasteiger partial charge on any atom is 0.323 e. The summed E-state index contributed by atoms with van der Waals surface area (Å²) in [5.74, 6) is -2.65. The number of hydrogen-bond acceptors (Lipinski definition) is 4. The van der Waals surface area contributed by atoms with Crippen LogP contribution in [0.15, 0.2) is 0 Å². The van der Waals surface area contributed by atoms with E-state index in [0.29, 0.717) is 19.4 Å². The van der Waals surface area contributed by atoms with Gasteiger partial charge in [-0.15, -0.1) is 0 Å². The first-order chi connectivity index (χ1) is 8.45. The van der Waals surface area contributed by atoms with Gasteiger partial charge < -0.3 is 20.5 Å². The number of carboxylic acids is 1. The van der Waals surface area contributed by atoms with Crippen molar-refractivity contribution in [1.82, 2.24) is 4.90 Å². The first-order valence-electron chi connectivity index (χ1n) is 5.86. The average molecular weight is 258 g/mol. The molecular formula is C11H18N2O5. The Hall–Kier alpha value is -1.63. The molecule has 2 amide bonds. The van der Waals surface area contributed by atoms with Gasteiger partial charge in [-0.05, 0) is 12.8 Å². The van der Waals surface area contributed by atoms with Gasteiger partial charge >= 0.3 is 5.97 Å². The second kappa shape index (κ2) is 6.34. The van der Waals surface area contributed by atoms with Crippen LogP contribution in [0.1, 0.15) is 19.8 Å². The van der Waals surface area contributed by atoms with Gasteiger partial charge in [-0.2, -0.15) is 0 Å². The number of ether oxygens (including phenoxy) is 1. The number of carbonyl (C=O) groups excluding carboxylic acids is 2. The molecule has 0 spiro atoms. The van der Waals surface area contributed by atoms with Gasteiger partial charge in [-0.1, -0.05) is 6.92 Å². The van der Waals surface area contributed by atoms with Crippen molar-refractivity contribution in [3.8, 4) is 0 Å². The number of rotatable bonds is 6. The molecule has 0 bridgehead atoms. The summed E-state index contributed by atoms with van der Waals surface area (Å²) < 4.78 is 5.38. The Bertz CT molecular complexity index is 328. The average Bonchev–Trinajstić information content (AvgIpc) is 2.73. The highest BCUT2D eigenvalue weighted by atomic mass is 16.5. The van der Waals surface area contributed by atoms with Gasteiger partial charge in [-0.25, -0.2) is 0 Å². The fourth-order valence-electron chi connectivity index (χ4n) is 2.13. The van der Waals surface area contributed by atoms with E-state index >= 15 is 0 Å². The number of primary amides is 1. The molecular weight excluding hydrogens is 240 g/mol. The maximum absolute atomic E-state index is 12.2. The van der Waals surface area contributed by atoms with Crippen LogP contribution in [0.3, 0.4) is 0 Å². The Kier molecular flexibility index (Phi) is 5.08. The molecule has 0 aromatic carbocycles. The van der Waals surface area contributed by atoms with Crippen molar-refractivity contribution in [1.29, 1.82) is 0 Å². The lowest BCUT2D eigenvalue weighted by Gasteiger charge is -2.24. The summed E-state index contributed by atoms with van der Waals surface area (Å²) in [6, 6.07) is 0. The van der Waals surface area contributed by atoms with E-state index in [-0.39, 0.29) is 24.5 Å². The highest BCUT2D eigenvalue weighted by molar-refractivity contribution is 5.88. The third-order valence-electron chi connectivity index (χ3n) is 2.91. The summed E-state index contributed by atoms with van der Waals surface area (Å²) in [5.41, 5.74) is 5.02. The number of carboxylic acid groups (broad SMARTS) is 1. The molecule has 0 aliphatic carbocycles. The van der Waals surface area contributed by atoms with E-state index < -0.39 is 18.4 Å². The van der Waals surface area contributed by atoms with Crippen molar-refractivity contribution in [2.45, 2.75) is 25.9 Å². The van der Waals surface area contributed by atoms with Crippen LogP contribution in [-0.4, -0.2) is 53.6 Å². The monoisotopic (exact) mass is 258 g/mol. The van der Waals surface area contributed by atoms with E-state index in [9.17, 15) is 14.4 Å². The molecule has 0 saturated carbocycles. The van der Waals surface area contributed by atoms with Crippen molar-refractivity contribution in [2.24, 2.45) is 11.7 Å².